The fourth-order valence-electron chi connectivity index (χ4n) is 2.11. The van der Waals surface area contributed by atoms with E-state index in [1.807, 2.05) is 12.1 Å². The number of benzene rings is 2. The van der Waals surface area contributed by atoms with Gasteiger partial charge < -0.3 is 10.1 Å². The number of ether oxygens (including phenoxy) is 1. The monoisotopic (exact) mass is 269 g/mol. The van der Waals surface area contributed by atoms with Crippen LogP contribution in [0, 0.1) is 6.92 Å². The van der Waals surface area contributed by atoms with Crippen molar-refractivity contribution in [3.05, 3.63) is 65.2 Å². The second kappa shape index (κ2) is 7.71. The standard InChI is InChI=1S/C18H23NO/c1-3-10-19-13-16-7-5-8-17(12-16)14-20-18-9-4-6-15(2)11-18/h4-9,11-12,19H,3,10,13-14H2,1-2H3. The van der Waals surface area contributed by atoms with Gasteiger partial charge in [-0.25, -0.2) is 0 Å². The maximum absolute atomic E-state index is 5.83. The zero-order valence-corrected chi connectivity index (χ0v) is 12.4. The molecule has 0 saturated carbocycles. The summed E-state index contributed by atoms with van der Waals surface area (Å²) in [6.45, 7) is 6.85. The molecule has 0 spiro atoms. The summed E-state index contributed by atoms with van der Waals surface area (Å²) in [5, 5.41) is 3.42. The van der Waals surface area contributed by atoms with Crippen molar-refractivity contribution in [2.75, 3.05) is 6.54 Å². The second-order valence-corrected chi connectivity index (χ2v) is 5.10. The Labute approximate surface area is 121 Å². The molecule has 0 radical (unpaired) electrons. The summed E-state index contributed by atoms with van der Waals surface area (Å²) in [5.41, 5.74) is 3.74. The first-order chi connectivity index (χ1) is 9.78. The van der Waals surface area contributed by atoms with E-state index in [0.29, 0.717) is 6.61 Å². The molecule has 0 aliphatic rings. The van der Waals surface area contributed by atoms with Crippen LogP contribution in [0.5, 0.6) is 5.75 Å². The molecule has 0 bridgehead atoms. The highest BCUT2D eigenvalue weighted by molar-refractivity contribution is 5.28. The molecule has 0 aromatic heterocycles. The molecule has 0 heterocycles. The summed E-state index contributed by atoms with van der Waals surface area (Å²) in [6.07, 6.45) is 1.16. The number of aryl methyl sites for hydroxylation is 1. The molecule has 2 heteroatoms. The molecule has 0 saturated heterocycles. The topological polar surface area (TPSA) is 21.3 Å². The van der Waals surface area contributed by atoms with E-state index in [9.17, 15) is 0 Å². The van der Waals surface area contributed by atoms with Gasteiger partial charge in [-0.2, -0.15) is 0 Å². The first kappa shape index (κ1) is 14.6. The zero-order chi connectivity index (χ0) is 14.2. The van der Waals surface area contributed by atoms with E-state index in [1.165, 1.54) is 16.7 Å². The molecule has 2 nitrogen and oxygen atoms in total. The Bertz CT molecular complexity index is 536. The van der Waals surface area contributed by atoms with Gasteiger partial charge >= 0.3 is 0 Å². The van der Waals surface area contributed by atoms with Crippen molar-refractivity contribution in [2.45, 2.75) is 33.4 Å². The Morgan fingerprint density at radius 3 is 2.60 bits per heavy atom. The van der Waals surface area contributed by atoms with Crippen LogP contribution in [-0.4, -0.2) is 6.54 Å². The highest BCUT2D eigenvalue weighted by Gasteiger charge is 1.98. The third kappa shape index (κ3) is 4.71. The van der Waals surface area contributed by atoms with Gasteiger partial charge in [-0.15, -0.1) is 0 Å². The minimum absolute atomic E-state index is 0.616. The summed E-state index contributed by atoms with van der Waals surface area (Å²) >= 11 is 0. The fourth-order valence-corrected chi connectivity index (χ4v) is 2.11. The average Bonchev–Trinajstić information content (AvgIpc) is 2.46. The average molecular weight is 269 g/mol. The smallest absolute Gasteiger partial charge is 0.120 e. The molecular formula is C18H23NO. The molecule has 2 aromatic rings. The number of rotatable bonds is 7. The first-order valence-electron chi connectivity index (χ1n) is 7.26. The molecule has 0 aliphatic heterocycles. The van der Waals surface area contributed by atoms with E-state index in [2.05, 4.69) is 55.6 Å². The molecule has 0 aliphatic carbocycles. The van der Waals surface area contributed by atoms with E-state index in [0.717, 1.165) is 25.3 Å². The van der Waals surface area contributed by atoms with Gasteiger partial charge in [0.15, 0.2) is 0 Å². The molecule has 1 N–H and O–H groups in total. The molecular weight excluding hydrogens is 246 g/mol. The SMILES string of the molecule is CCCNCc1cccc(COc2cccc(C)c2)c1. The van der Waals surface area contributed by atoms with E-state index in [-0.39, 0.29) is 0 Å². The van der Waals surface area contributed by atoms with Crippen LogP contribution >= 0.6 is 0 Å². The molecule has 20 heavy (non-hydrogen) atoms. The van der Waals surface area contributed by atoms with Gasteiger partial charge in [0.25, 0.3) is 0 Å². The Morgan fingerprint density at radius 1 is 1.00 bits per heavy atom. The summed E-state index contributed by atoms with van der Waals surface area (Å²) in [7, 11) is 0. The van der Waals surface area contributed by atoms with Gasteiger partial charge in [-0.05, 0) is 48.7 Å². The van der Waals surface area contributed by atoms with Gasteiger partial charge in [-0.3, -0.25) is 0 Å². The number of hydrogen-bond acceptors (Lipinski definition) is 2. The molecule has 106 valence electrons. The Hall–Kier alpha value is -1.80. The van der Waals surface area contributed by atoms with Crippen LogP contribution in [-0.2, 0) is 13.2 Å². The Balaban J connectivity index is 1.91. The van der Waals surface area contributed by atoms with Gasteiger partial charge in [-0.1, -0.05) is 43.3 Å². The highest BCUT2D eigenvalue weighted by Crippen LogP contribution is 2.15. The quantitative estimate of drug-likeness (QED) is 0.765. The molecule has 0 amide bonds. The Kier molecular flexibility index (Phi) is 5.63. The van der Waals surface area contributed by atoms with Crippen molar-refractivity contribution in [1.29, 1.82) is 0 Å². The Morgan fingerprint density at radius 2 is 1.80 bits per heavy atom. The third-order valence-electron chi connectivity index (χ3n) is 3.14. The molecule has 2 rings (SSSR count). The van der Waals surface area contributed by atoms with Crippen LogP contribution in [0.2, 0.25) is 0 Å². The molecule has 0 unspecified atom stereocenters. The lowest BCUT2D eigenvalue weighted by Crippen LogP contribution is -2.13. The van der Waals surface area contributed by atoms with Gasteiger partial charge in [0.1, 0.15) is 12.4 Å². The van der Waals surface area contributed by atoms with E-state index in [4.69, 9.17) is 4.74 Å². The van der Waals surface area contributed by atoms with E-state index < -0.39 is 0 Å². The maximum atomic E-state index is 5.83. The summed E-state index contributed by atoms with van der Waals surface area (Å²) in [4.78, 5) is 0. The third-order valence-corrected chi connectivity index (χ3v) is 3.14. The maximum Gasteiger partial charge on any atom is 0.120 e. The second-order valence-electron chi connectivity index (χ2n) is 5.10. The van der Waals surface area contributed by atoms with Crippen LogP contribution in [0.4, 0.5) is 0 Å². The van der Waals surface area contributed by atoms with Crippen LogP contribution in [0.15, 0.2) is 48.5 Å². The van der Waals surface area contributed by atoms with Crippen LogP contribution in [0.1, 0.15) is 30.0 Å². The van der Waals surface area contributed by atoms with Gasteiger partial charge in [0, 0.05) is 6.54 Å². The van der Waals surface area contributed by atoms with Crippen LogP contribution in [0.3, 0.4) is 0 Å². The molecule has 2 aromatic carbocycles. The summed E-state index contributed by atoms with van der Waals surface area (Å²) < 4.78 is 5.83. The predicted molar refractivity (Wildman–Crippen MR) is 84.0 cm³/mol. The number of hydrogen-bond donors (Lipinski definition) is 1. The van der Waals surface area contributed by atoms with Crippen molar-refractivity contribution in [1.82, 2.24) is 5.32 Å². The lowest BCUT2D eigenvalue weighted by atomic mass is 10.1. The lowest BCUT2D eigenvalue weighted by Gasteiger charge is -2.09. The minimum atomic E-state index is 0.616. The zero-order valence-electron chi connectivity index (χ0n) is 12.4. The normalized spacial score (nSPS) is 10.5. The minimum Gasteiger partial charge on any atom is -0.489 e. The highest BCUT2D eigenvalue weighted by atomic mass is 16.5. The van der Waals surface area contributed by atoms with Crippen molar-refractivity contribution in [2.24, 2.45) is 0 Å². The van der Waals surface area contributed by atoms with E-state index >= 15 is 0 Å². The van der Waals surface area contributed by atoms with Crippen molar-refractivity contribution in [3.63, 3.8) is 0 Å². The molecule has 0 fully saturated rings. The van der Waals surface area contributed by atoms with Crippen LogP contribution < -0.4 is 10.1 Å². The molecule has 0 atom stereocenters. The largest absolute Gasteiger partial charge is 0.489 e. The van der Waals surface area contributed by atoms with Crippen molar-refractivity contribution >= 4 is 0 Å². The fraction of sp³-hybridized carbons (Fsp3) is 0.333. The van der Waals surface area contributed by atoms with Crippen LogP contribution in [0.25, 0.3) is 0 Å². The van der Waals surface area contributed by atoms with Gasteiger partial charge in [0.05, 0.1) is 0 Å². The summed E-state index contributed by atoms with van der Waals surface area (Å²) in [6, 6.07) is 16.7. The van der Waals surface area contributed by atoms with Crippen molar-refractivity contribution < 1.29 is 4.74 Å². The van der Waals surface area contributed by atoms with E-state index in [1.54, 1.807) is 0 Å². The van der Waals surface area contributed by atoms with Gasteiger partial charge in [0.2, 0.25) is 0 Å². The summed E-state index contributed by atoms with van der Waals surface area (Å²) in [5.74, 6) is 0.930. The number of nitrogens with one attached hydrogen (secondary N) is 1. The predicted octanol–water partition coefficient (Wildman–Crippen LogP) is 4.07. The first-order valence-corrected chi connectivity index (χ1v) is 7.26. The lowest BCUT2D eigenvalue weighted by molar-refractivity contribution is 0.306. The van der Waals surface area contributed by atoms with Crippen molar-refractivity contribution in [3.8, 4) is 5.75 Å².